The molecule has 380 valence electrons. The number of fused-ring (bicyclic) bond motifs is 32. The maximum absolute atomic E-state index is 2.67. The minimum Gasteiger partial charge on any atom is -0.0619 e. The van der Waals surface area contributed by atoms with Crippen LogP contribution in [0.4, 0.5) is 0 Å². The van der Waals surface area contributed by atoms with E-state index in [2.05, 4.69) is 291 Å². The highest BCUT2D eigenvalue weighted by molar-refractivity contribution is 6.23. The number of rotatable bonds is 2. The standard InChI is InChI=1S/C83H48/c1-2-31-63-62(30-1)79(49-41-43-60-57-27-9-18-38-73(57)81(76(60)45-49)67-32-12-3-21-51(67)52-22-4-13-33-68(52)81)65-47-64-59-29-11-20-40-75(59)83(71-36-16-7-25-55(71)56-26-8-17-37-72(56)83)78(64)48-66(65)80(63)50-42-44-61-58-28-10-19-39-74(58)82(77(61)46-50)69-34-14-5-23-53(69)54-24-6-15-35-70(54)82/h1-48H. The Morgan fingerprint density at radius 3 is 0.651 bits per heavy atom. The number of hydrogen-bond acceptors (Lipinski definition) is 0. The predicted octanol–water partition coefficient (Wildman–Crippen LogP) is 20.4. The lowest BCUT2D eigenvalue weighted by Gasteiger charge is -2.32. The van der Waals surface area contributed by atoms with Crippen molar-refractivity contribution in [2.24, 2.45) is 0 Å². The molecule has 3 spiro atoms. The summed E-state index contributed by atoms with van der Waals surface area (Å²) >= 11 is 0. The molecule has 14 aromatic carbocycles. The molecule has 14 aromatic rings. The van der Waals surface area contributed by atoms with E-state index in [1.165, 1.54) is 177 Å². The van der Waals surface area contributed by atoms with Gasteiger partial charge < -0.3 is 0 Å². The summed E-state index contributed by atoms with van der Waals surface area (Å²) < 4.78 is 0. The molecule has 6 aliphatic carbocycles. The fourth-order valence-electron chi connectivity index (χ4n) is 17.9. The van der Waals surface area contributed by atoms with Gasteiger partial charge in [0.2, 0.25) is 0 Å². The van der Waals surface area contributed by atoms with E-state index in [9.17, 15) is 0 Å². The molecule has 0 aromatic heterocycles. The summed E-state index contributed by atoms with van der Waals surface area (Å²) in [6, 6.07) is 113. The van der Waals surface area contributed by atoms with Crippen molar-refractivity contribution in [2.75, 3.05) is 0 Å². The Labute approximate surface area is 481 Å². The molecule has 0 saturated carbocycles. The van der Waals surface area contributed by atoms with Crippen molar-refractivity contribution in [1.29, 1.82) is 0 Å². The Bertz CT molecular complexity index is 5120. The van der Waals surface area contributed by atoms with Crippen molar-refractivity contribution in [2.45, 2.75) is 16.2 Å². The molecule has 0 radical (unpaired) electrons. The molecular weight excluding hydrogens is 997 g/mol. The van der Waals surface area contributed by atoms with E-state index in [4.69, 9.17) is 0 Å². The zero-order valence-electron chi connectivity index (χ0n) is 45.2. The highest BCUT2D eigenvalue weighted by Gasteiger charge is 2.55. The molecule has 0 nitrogen and oxygen atoms in total. The van der Waals surface area contributed by atoms with E-state index in [1.54, 1.807) is 0 Å². The Balaban J connectivity index is 0.930. The minimum absolute atomic E-state index is 0.480. The van der Waals surface area contributed by atoms with Crippen molar-refractivity contribution >= 4 is 21.5 Å². The highest BCUT2D eigenvalue weighted by atomic mass is 14.6. The molecule has 0 N–H and O–H groups in total. The SMILES string of the molecule is c1ccc2c(c1)-c1ccccc1C21c2ccccc2-c2ccc(-c3c4ccccc4c(-c4ccc5c(c4)C4(c6ccccc6-c6ccccc64)c4ccccc4-5)c4cc5c(cc34)-c3ccccc3C53c4ccccc4-c4ccccc43)cc21. The monoisotopic (exact) mass is 1040 g/mol. The summed E-state index contributed by atoms with van der Waals surface area (Å²) in [7, 11) is 0. The normalized spacial score (nSPS) is 15.0. The Morgan fingerprint density at radius 1 is 0.145 bits per heavy atom. The van der Waals surface area contributed by atoms with Crippen LogP contribution >= 0.6 is 0 Å². The fraction of sp³-hybridized carbons (Fsp3) is 0.0361. The average molecular weight is 1050 g/mol. The van der Waals surface area contributed by atoms with Gasteiger partial charge in [-0.2, -0.15) is 0 Å². The lowest BCUT2D eigenvalue weighted by atomic mass is 9.69. The van der Waals surface area contributed by atoms with Crippen LogP contribution in [0.2, 0.25) is 0 Å². The van der Waals surface area contributed by atoms with E-state index < -0.39 is 16.2 Å². The predicted molar refractivity (Wildman–Crippen MR) is 341 cm³/mol. The van der Waals surface area contributed by atoms with Crippen LogP contribution in [0, 0.1) is 0 Å². The number of benzene rings is 14. The van der Waals surface area contributed by atoms with Gasteiger partial charge in [-0.15, -0.1) is 0 Å². The van der Waals surface area contributed by atoms with Crippen LogP contribution in [0.25, 0.3) is 111 Å². The first-order chi connectivity index (χ1) is 41.2. The van der Waals surface area contributed by atoms with E-state index >= 15 is 0 Å². The third-order valence-corrected chi connectivity index (χ3v) is 20.7. The molecule has 0 bridgehead atoms. The second kappa shape index (κ2) is 15.5. The third-order valence-electron chi connectivity index (χ3n) is 20.7. The smallest absolute Gasteiger partial charge is 0.0619 e. The molecule has 0 saturated heterocycles. The first-order valence-corrected chi connectivity index (χ1v) is 29.4. The summed E-state index contributed by atoms with van der Waals surface area (Å²) in [6.45, 7) is 0. The molecule has 20 rings (SSSR count). The molecule has 6 aliphatic rings. The minimum atomic E-state index is -0.522. The largest absolute Gasteiger partial charge is 0.0725 e. The molecule has 0 heterocycles. The maximum atomic E-state index is 2.67. The zero-order valence-corrected chi connectivity index (χ0v) is 45.2. The van der Waals surface area contributed by atoms with Gasteiger partial charge in [0.1, 0.15) is 0 Å². The van der Waals surface area contributed by atoms with Crippen LogP contribution in [0.1, 0.15) is 66.8 Å². The van der Waals surface area contributed by atoms with Gasteiger partial charge in [-0.05, 0) is 202 Å². The van der Waals surface area contributed by atoms with Gasteiger partial charge in [-0.3, -0.25) is 0 Å². The summed E-state index contributed by atoms with van der Waals surface area (Å²) in [6.07, 6.45) is 0. The average Bonchev–Trinajstić information content (AvgIpc) is 2.03. The molecule has 0 unspecified atom stereocenters. The Morgan fingerprint density at radius 2 is 0.361 bits per heavy atom. The zero-order chi connectivity index (χ0) is 53.9. The first kappa shape index (κ1) is 44.4. The van der Waals surface area contributed by atoms with Crippen molar-refractivity contribution in [3.63, 3.8) is 0 Å². The summed E-state index contributed by atoms with van der Waals surface area (Å²) in [5.74, 6) is 0. The van der Waals surface area contributed by atoms with Gasteiger partial charge in [-0.1, -0.05) is 267 Å². The van der Waals surface area contributed by atoms with Crippen LogP contribution in [0.5, 0.6) is 0 Å². The van der Waals surface area contributed by atoms with Crippen molar-refractivity contribution < 1.29 is 0 Å². The van der Waals surface area contributed by atoms with Crippen LogP contribution in [0.3, 0.4) is 0 Å². The molecule has 0 aliphatic heterocycles. The van der Waals surface area contributed by atoms with Gasteiger partial charge in [-0.25, -0.2) is 0 Å². The lowest BCUT2D eigenvalue weighted by molar-refractivity contribution is 0.794. The first-order valence-electron chi connectivity index (χ1n) is 29.4. The quantitative estimate of drug-likeness (QED) is 0.151. The van der Waals surface area contributed by atoms with Crippen LogP contribution < -0.4 is 0 Å². The van der Waals surface area contributed by atoms with E-state index in [-0.39, 0.29) is 0 Å². The second-order valence-corrected chi connectivity index (χ2v) is 23.9. The van der Waals surface area contributed by atoms with Gasteiger partial charge in [0.25, 0.3) is 0 Å². The van der Waals surface area contributed by atoms with Gasteiger partial charge in [0, 0.05) is 0 Å². The number of hydrogen-bond donors (Lipinski definition) is 0. The van der Waals surface area contributed by atoms with Crippen LogP contribution in [-0.4, -0.2) is 0 Å². The van der Waals surface area contributed by atoms with Crippen LogP contribution in [-0.2, 0) is 16.2 Å². The van der Waals surface area contributed by atoms with E-state index in [0.717, 1.165) is 0 Å². The highest BCUT2D eigenvalue weighted by Crippen LogP contribution is 2.67. The fourth-order valence-corrected chi connectivity index (χ4v) is 17.9. The summed E-state index contributed by atoms with van der Waals surface area (Å²) in [5.41, 5.74) is 35.5. The molecule has 0 heteroatoms. The topological polar surface area (TPSA) is 0 Å². The van der Waals surface area contributed by atoms with Gasteiger partial charge >= 0.3 is 0 Å². The molecule has 0 amide bonds. The van der Waals surface area contributed by atoms with E-state index in [1.807, 2.05) is 0 Å². The lowest BCUT2D eigenvalue weighted by Crippen LogP contribution is -2.26. The Kier molecular flexibility index (Phi) is 8.30. The molecule has 83 heavy (non-hydrogen) atoms. The van der Waals surface area contributed by atoms with Gasteiger partial charge in [0.05, 0.1) is 16.2 Å². The molecule has 0 fully saturated rings. The molecular formula is C83H48. The Hall–Kier alpha value is -10.4. The molecule has 0 atom stereocenters. The second-order valence-electron chi connectivity index (χ2n) is 23.9. The van der Waals surface area contributed by atoms with Crippen molar-refractivity contribution in [3.8, 4) is 89.0 Å². The van der Waals surface area contributed by atoms with Crippen LogP contribution in [0.15, 0.2) is 291 Å². The summed E-state index contributed by atoms with van der Waals surface area (Å²) in [4.78, 5) is 0. The van der Waals surface area contributed by atoms with E-state index in [0.29, 0.717) is 0 Å². The third kappa shape index (κ3) is 5.07. The van der Waals surface area contributed by atoms with Crippen molar-refractivity contribution in [1.82, 2.24) is 0 Å². The summed E-state index contributed by atoms with van der Waals surface area (Å²) in [5, 5.41) is 5.02. The van der Waals surface area contributed by atoms with Gasteiger partial charge in [0.15, 0.2) is 0 Å². The maximum Gasteiger partial charge on any atom is 0.0725 e. The van der Waals surface area contributed by atoms with Crippen molar-refractivity contribution in [3.05, 3.63) is 358 Å².